The van der Waals surface area contributed by atoms with E-state index in [4.69, 9.17) is 4.42 Å². The van der Waals surface area contributed by atoms with E-state index in [0.29, 0.717) is 0 Å². The molecule has 2 atom stereocenters. The molecule has 3 nitrogen and oxygen atoms in total. The number of hydrogen-bond acceptors (Lipinski definition) is 3. The van der Waals surface area contributed by atoms with Crippen LogP contribution >= 0.6 is 0 Å². The smallest absolute Gasteiger partial charge is 0.123 e. The Morgan fingerprint density at radius 2 is 1.61 bits per heavy atom. The van der Waals surface area contributed by atoms with Crippen molar-refractivity contribution in [1.82, 2.24) is 5.32 Å². The Hall–Kier alpha value is -2.36. The molecular weight excluding hydrogens is 286 g/mol. The minimum atomic E-state index is -0.200. The summed E-state index contributed by atoms with van der Waals surface area (Å²) in [6, 6.07) is 22.4. The van der Waals surface area contributed by atoms with Crippen LogP contribution in [0.1, 0.15) is 30.3 Å². The van der Waals surface area contributed by atoms with Gasteiger partial charge in [-0.25, -0.2) is 0 Å². The van der Waals surface area contributed by atoms with Crippen molar-refractivity contribution in [3.8, 4) is 11.1 Å². The SMILES string of the molecule is CC(NC(CO)c1ccco1)c1ccc(-c2ccccc2)cc1. The largest absolute Gasteiger partial charge is 0.468 e. The lowest BCUT2D eigenvalue weighted by molar-refractivity contribution is 0.217. The minimum absolute atomic E-state index is 0.0000474. The Bertz CT molecular complexity index is 705. The molecule has 0 radical (unpaired) electrons. The van der Waals surface area contributed by atoms with Crippen LogP contribution in [0.5, 0.6) is 0 Å². The van der Waals surface area contributed by atoms with Crippen LogP contribution in [0.15, 0.2) is 77.4 Å². The molecule has 118 valence electrons. The average molecular weight is 307 g/mol. The first kappa shape index (κ1) is 15.5. The summed E-state index contributed by atoms with van der Waals surface area (Å²) in [4.78, 5) is 0. The van der Waals surface area contributed by atoms with Crippen molar-refractivity contribution in [3.63, 3.8) is 0 Å². The zero-order valence-corrected chi connectivity index (χ0v) is 13.1. The molecule has 3 rings (SSSR count). The Kier molecular flexibility index (Phi) is 4.91. The van der Waals surface area contributed by atoms with Gasteiger partial charge in [0.2, 0.25) is 0 Å². The van der Waals surface area contributed by atoms with Gasteiger partial charge in [-0.15, -0.1) is 0 Å². The number of nitrogens with one attached hydrogen (secondary N) is 1. The molecule has 1 heterocycles. The molecule has 0 aliphatic rings. The highest BCUT2D eigenvalue weighted by atomic mass is 16.3. The van der Waals surface area contributed by atoms with E-state index in [1.807, 2.05) is 30.3 Å². The highest BCUT2D eigenvalue weighted by Gasteiger charge is 2.16. The summed E-state index contributed by atoms with van der Waals surface area (Å²) in [6.45, 7) is 2.09. The summed E-state index contributed by atoms with van der Waals surface area (Å²) < 4.78 is 5.38. The molecule has 1 aromatic heterocycles. The molecule has 0 bridgehead atoms. The first-order valence-corrected chi connectivity index (χ1v) is 7.83. The molecule has 2 aromatic carbocycles. The molecule has 0 fully saturated rings. The second kappa shape index (κ2) is 7.27. The van der Waals surface area contributed by atoms with E-state index in [1.54, 1.807) is 6.26 Å². The monoisotopic (exact) mass is 307 g/mol. The van der Waals surface area contributed by atoms with Crippen LogP contribution in [0.25, 0.3) is 11.1 Å². The minimum Gasteiger partial charge on any atom is -0.468 e. The molecule has 0 saturated carbocycles. The van der Waals surface area contributed by atoms with Crippen LogP contribution < -0.4 is 5.32 Å². The normalized spacial score (nSPS) is 13.7. The van der Waals surface area contributed by atoms with Crippen molar-refractivity contribution in [2.24, 2.45) is 0 Å². The zero-order valence-electron chi connectivity index (χ0n) is 13.1. The fraction of sp³-hybridized carbons (Fsp3) is 0.200. The molecule has 0 amide bonds. The van der Waals surface area contributed by atoms with Crippen LogP contribution in [0, 0.1) is 0 Å². The van der Waals surface area contributed by atoms with Crippen LogP contribution in [-0.4, -0.2) is 11.7 Å². The molecule has 3 heteroatoms. The fourth-order valence-corrected chi connectivity index (χ4v) is 2.71. The molecule has 3 aromatic rings. The predicted molar refractivity (Wildman–Crippen MR) is 92.0 cm³/mol. The van der Waals surface area contributed by atoms with Gasteiger partial charge in [0.1, 0.15) is 5.76 Å². The molecule has 23 heavy (non-hydrogen) atoms. The van der Waals surface area contributed by atoms with Gasteiger partial charge in [0, 0.05) is 6.04 Å². The van der Waals surface area contributed by atoms with Crippen LogP contribution in [0.4, 0.5) is 0 Å². The van der Waals surface area contributed by atoms with Gasteiger partial charge >= 0.3 is 0 Å². The summed E-state index contributed by atoms with van der Waals surface area (Å²) in [5, 5.41) is 13.0. The summed E-state index contributed by atoms with van der Waals surface area (Å²) in [7, 11) is 0. The number of furan rings is 1. The van der Waals surface area contributed by atoms with Crippen LogP contribution in [0.2, 0.25) is 0 Å². The number of benzene rings is 2. The first-order chi connectivity index (χ1) is 11.3. The van der Waals surface area contributed by atoms with Crippen LogP contribution in [0.3, 0.4) is 0 Å². The standard InChI is InChI=1S/C20H21NO2/c1-15(21-19(14-22)20-8-5-13-23-20)16-9-11-18(12-10-16)17-6-3-2-4-7-17/h2-13,15,19,21-22H,14H2,1H3. The van der Waals surface area contributed by atoms with E-state index in [2.05, 4.69) is 48.6 Å². The maximum absolute atomic E-state index is 9.56. The van der Waals surface area contributed by atoms with Gasteiger partial charge in [-0.05, 0) is 35.7 Å². The van der Waals surface area contributed by atoms with Gasteiger partial charge in [0.05, 0.1) is 18.9 Å². The molecule has 2 N–H and O–H groups in total. The van der Waals surface area contributed by atoms with Crippen molar-refractivity contribution < 1.29 is 9.52 Å². The van der Waals surface area contributed by atoms with E-state index in [1.165, 1.54) is 16.7 Å². The predicted octanol–water partition coefficient (Wildman–Crippen LogP) is 4.33. The molecule has 2 unspecified atom stereocenters. The number of aliphatic hydroxyl groups is 1. The van der Waals surface area contributed by atoms with E-state index in [9.17, 15) is 5.11 Å². The van der Waals surface area contributed by atoms with Crippen molar-refractivity contribution in [3.05, 3.63) is 84.3 Å². The molecular formula is C20H21NO2. The Morgan fingerprint density at radius 3 is 2.22 bits per heavy atom. The summed E-state index contributed by atoms with van der Waals surface area (Å²) in [5.74, 6) is 0.750. The number of rotatable bonds is 6. The average Bonchev–Trinajstić information content (AvgIpc) is 3.15. The summed E-state index contributed by atoms with van der Waals surface area (Å²) >= 11 is 0. The van der Waals surface area contributed by atoms with Crippen LogP contribution in [-0.2, 0) is 0 Å². The van der Waals surface area contributed by atoms with E-state index < -0.39 is 0 Å². The van der Waals surface area contributed by atoms with E-state index >= 15 is 0 Å². The zero-order chi connectivity index (χ0) is 16.1. The quantitative estimate of drug-likeness (QED) is 0.712. The second-order valence-corrected chi connectivity index (χ2v) is 5.63. The maximum Gasteiger partial charge on any atom is 0.123 e. The van der Waals surface area contributed by atoms with Gasteiger partial charge < -0.3 is 9.52 Å². The topological polar surface area (TPSA) is 45.4 Å². The van der Waals surface area contributed by atoms with Gasteiger partial charge in [-0.2, -0.15) is 0 Å². The Morgan fingerprint density at radius 1 is 0.913 bits per heavy atom. The molecule has 0 aliphatic carbocycles. The highest BCUT2D eigenvalue weighted by Crippen LogP contribution is 2.24. The molecule has 0 spiro atoms. The lowest BCUT2D eigenvalue weighted by atomic mass is 10.0. The molecule has 0 aliphatic heterocycles. The second-order valence-electron chi connectivity index (χ2n) is 5.63. The highest BCUT2D eigenvalue weighted by molar-refractivity contribution is 5.63. The van der Waals surface area contributed by atoms with Crippen molar-refractivity contribution in [2.75, 3.05) is 6.61 Å². The fourth-order valence-electron chi connectivity index (χ4n) is 2.71. The third-order valence-corrected chi connectivity index (χ3v) is 4.04. The van der Waals surface area contributed by atoms with Gasteiger partial charge in [-0.1, -0.05) is 54.6 Å². The third-order valence-electron chi connectivity index (χ3n) is 4.04. The summed E-state index contributed by atoms with van der Waals surface area (Å²) in [6.07, 6.45) is 1.62. The van der Waals surface area contributed by atoms with Crippen molar-refractivity contribution in [2.45, 2.75) is 19.0 Å². The lowest BCUT2D eigenvalue weighted by Crippen LogP contribution is -2.26. The Balaban J connectivity index is 1.71. The van der Waals surface area contributed by atoms with Crippen molar-refractivity contribution >= 4 is 0 Å². The van der Waals surface area contributed by atoms with Gasteiger partial charge in [-0.3, -0.25) is 5.32 Å². The Labute approximate surface area is 136 Å². The van der Waals surface area contributed by atoms with Gasteiger partial charge in [0.15, 0.2) is 0 Å². The number of hydrogen-bond donors (Lipinski definition) is 2. The first-order valence-electron chi connectivity index (χ1n) is 7.83. The van der Waals surface area contributed by atoms with Gasteiger partial charge in [0.25, 0.3) is 0 Å². The lowest BCUT2D eigenvalue weighted by Gasteiger charge is -2.20. The number of aliphatic hydroxyl groups excluding tert-OH is 1. The van der Waals surface area contributed by atoms with E-state index in [0.717, 1.165) is 5.76 Å². The maximum atomic E-state index is 9.56. The third kappa shape index (κ3) is 3.70. The van der Waals surface area contributed by atoms with Crippen molar-refractivity contribution in [1.29, 1.82) is 0 Å². The summed E-state index contributed by atoms with van der Waals surface area (Å²) in [5.41, 5.74) is 3.59. The van der Waals surface area contributed by atoms with E-state index in [-0.39, 0.29) is 18.7 Å². The molecule has 0 saturated heterocycles.